The predicted molar refractivity (Wildman–Crippen MR) is 73.1 cm³/mol. The Kier molecular flexibility index (Phi) is 3.62. The number of ketones is 1. The number of hydrogen-bond acceptors (Lipinski definition) is 3. The van der Waals surface area contributed by atoms with Gasteiger partial charge in [0.1, 0.15) is 0 Å². The van der Waals surface area contributed by atoms with Crippen LogP contribution in [0.5, 0.6) is 0 Å². The van der Waals surface area contributed by atoms with E-state index >= 15 is 0 Å². The zero-order chi connectivity index (χ0) is 12.6. The minimum Gasteiger partial charge on any atom is -0.291 e. The standard InChI is InChI=1S/C13H18ClNOS/c1-9(15-8-4-7-13(15,2)3)12(16)10-5-6-11(14)17-10/h5-6,9H,4,7-8H2,1-3H3. The van der Waals surface area contributed by atoms with Crippen molar-refractivity contribution in [1.29, 1.82) is 0 Å². The second-order valence-corrected chi connectivity index (χ2v) is 6.97. The Balaban J connectivity index is 2.15. The molecule has 0 N–H and O–H groups in total. The molecule has 0 amide bonds. The van der Waals surface area contributed by atoms with Gasteiger partial charge in [0, 0.05) is 5.54 Å². The average molecular weight is 272 g/mol. The highest BCUT2D eigenvalue weighted by atomic mass is 35.5. The molecule has 2 rings (SSSR count). The van der Waals surface area contributed by atoms with E-state index in [0.29, 0.717) is 4.34 Å². The van der Waals surface area contributed by atoms with Crippen molar-refractivity contribution in [3.8, 4) is 0 Å². The van der Waals surface area contributed by atoms with Crippen molar-refractivity contribution in [1.82, 2.24) is 4.90 Å². The molecule has 1 aliphatic rings. The molecule has 0 spiro atoms. The summed E-state index contributed by atoms with van der Waals surface area (Å²) in [6.45, 7) is 7.44. The van der Waals surface area contributed by atoms with Crippen molar-refractivity contribution in [3.63, 3.8) is 0 Å². The van der Waals surface area contributed by atoms with Crippen molar-refractivity contribution >= 4 is 28.7 Å². The highest BCUT2D eigenvalue weighted by Crippen LogP contribution is 2.32. The average Bonchev–Trinajstić information content (AvgIpc) is 2.82. The second kappa shape index (κ2) is 4.71. The van der Waals surface area contributed by atoms with Crippen LogP contribution in [0.4, 0.5) is 0 Å². The first-order valence-electron chi connectivity index (χ1n) is 5.98. The lowest BCUT2D eigenvalue weighted by Crippen LogP contribution is -2.47. The fourth-order valence-corrected chi connectivity index (χ4v) is 3.71. The Morgan fingerprint density at radius 1 is 1.53 bits per heavy atom. The molecule has 17 heavy (non-hydrogen) atoms. The predicted octanol–water partition coefficient (Wildman–Crippen LogP) is 3.85. The van der Waals surface area contributed by atoms with Crippen LogP contribution < -0.4 is 0 Å². The molecule has 1 unspecified atom stereocenters. The van der Waals surface area contributed by atoms with Crippen molar-refractivity contribution in [2.45, 2.75) is 45.2 Å². The summed E-state index contributed by atoms with van der Waals surface area (Å²) < 4.78 is 0.682. The third-order valence-electron chi connectivity index (χ3n) is 3.63. The molecule has 0 aromatic carbocycles. The number of likely N-dealkylation sites (tertiary alicyclic amines) is 1. The monoisotopic (exact) mass is 271 g/mol. The zero-order valence-corrected chi connectivity index (χ0v) is 12.1. The smallest absolute Gasteiger partial charge is 0.189 e. The van der Waals surface area contributed by atoms with Crippen molar-refractivity contribution in [2.75, 3.05) is 6.54 Å². The Bertz CT molecular complexity index is 427. The summed E-state index contributed by atoms with van der Waals surface area (Å²) in [5, 5.41) is 0. The zero-order valence-electron chi connectivity index (χ0n) is 10.5. The topological polar surface area (TPSA) is 20.3 Å². The molecular weight excluding hydrogens is 254 g/mol. The van der Waals surface area contributed by atoms with Crippen LogP contribution >= 0.6 is 22.9 Å². The van der Waals surface area contributed by atoms with Gasteiger partial charge in [-0.3, -0.25) is 9.69 Å². The fraction of sp³-hybridized carbons (Fsp3) is 0.615. The largest absolute Gasteiger partial charge is 0.291 e. The number of Topliss-reactive ketones (excluding diaryl/α,β-unsaturated/α-hetero) is 1. The molecule has 0 radical (unpaired) electrons. The van der Waals surface area contributed by atoms with Gasteiger partial charge in [-0.2, -0.15) is 0 Å². The number of carbonyl (C=O) groups is 1. The van der Waals surface area contributed by atoms with Gasteiger partial charge in [0.25, 0.3) is 0 Å². The van der Waals surface area contributed by atoms with Gasteiger partial charge in [-0.25, -0.2) is 0 Å². The van der Waals surface area contributed by atoms with E-state index in [0.717, 1.165) is 17.8 Å². The third kappa shape index (κ3) is 2.56. The maximum atomic E-state index is 12.3. The van der Waals surface area contributed by atoms with Gasteiger partial charge in [0.2, 0.25) is 0 Å². The molecular formula is C13H18ClNOS. The van der Waals surface area contributed by atoms with Crippen LogP contribution in [0.15, 0.2) is 12.1 Å². The van der Waals surface area contributed by atoms with E-state index in [1.807, 2.05) is 13.0 Å². The molecule has 4 heteroatoms. The number of halogens is 1. The Morgan fingerprint density at radius 3 is 2.71 bits per heavy atom. The number of rotatable bonds is 3. The molecule has 1 fully saturated rings. The molecule has 2 nitrogen and oxygen atoms in total. The highest BCUT2D eigenvalue weighted by Gasteiger charge is 2.37. The van der Waals surface area contributed by atoms with Gasteiger partial charge in [0.05, 0.1) is 15.3 Å². The summed E-state index contributed by atoms with van der Waals surface area (Å²) >= 11 is 7.25. The number of hydrogen-bond donors (Lipinski definition) is 0. The molecule has 0 aliphatic carbocycles. The molecule has 0 bridgehead atoms. The summed E-state index contributed by atoms with van der Waals surface area (Å²) in [6, 6.07) is 3.57. The van der Waals surface area contributed by atoms with E-state index in [1.54, 1.807) is 6.07 Å². The number of carbonyl (C=O) groups excluding carboxylic acids is 1. The molecule has 2 heterocycles. The first kappa shape index (κ1) is 13.1. The Morgan fingerprint density at radius 2 is 2.24 bits per heavy atom. The quantitative estimate of drug-likeness (QED) is 0.779. The lowest BCUT2D eigenvalue weighted by atomic mass is 9.99. The summed E-state index contributed by atoms with van der Waals surface area (Å²) in [5.41, 5.74) is 0.135. The molecule has 1 atom stereocenters. The van der Waals surface area contributed by atoms with Crippen LogP contribution in [0, 0.1) is 0 Å². The van der Waals surface area contributed by atoms with Gasteiger partial charge in [-0.1, -0.05) is 11.6 Å². The summed E-state index contributed by atoms with van der Waals surface area (Å²) in [5.74, 6) is 0.192. The van der Waals surface area contributed by atoms with E-state index in [-0.39, 0.29) is 17.4 Å². The van der Waals surface area contributed by atoms with Crippen LogP contribution in [0.25, 0.3) is 0 Å². The summed E-state index contributed by atoms with van der Waals surface area (Å²) in [6.07, 6.45) is 2.34. The number of thiophene rings is 1. The van der Waals surface area contributed by atoms with Crippen LogP contribution in [0.2, 0.25) is 4.34 Å². The van der Waals surface area contributed by atoms with Crippen LogP contribution in [-0.4, -0.2) is 28.8 Å². The lowest BCUT2D eigenvalue weighted by Gasteiger charge is -2.35. The van der Waals surface area contributed by atoms with Crippen LogP contribution in [0.3, 0.4) is 0 Å². The van der Waals surface area contributed by atoms with Gasteiger partial charge < -0.3 is 0 Å². The van der Waals surface area contributed by atoms with E-state index in [9.17, 15) is 4.79 Å². The first-order chi connectivity index (χ1) is 7.92. The van der Waals surface area contributed by atoms with Gasteiger partial charge in [0.15, 0.2) is 5.78 Å². The summed E-state index contributed by atoms with van der Waals surface area (Å²) in [7, 11) is 0. The van der Waals surface area contributed by atoms with E-state index < -0.39 is 0 Å². The maximum Gasteiger partial charge on any atom is 0.189 e. The van der Waals surface area contributed by atoms with Crippen molar-refractivity contribution in [2.24, 2.45) is 0 Å². The molecule has 1 aromatic rings. The van der Waals surface area contributed by atoms with Gasteiger partial charge >= 0.3 is 0 Å². The number of nitrogens with zero attached hydrogens (tertiary/aromatic N) is 1. The first-order valence-corrected chi connectivity index (χ1v) is 7.17. The summed E-state index contributed by atoms with van der Waals surface area (Å²) in [4.78, 5) is 15.4. The molecule has 0 saturated carbocycles. The van der Waals surface area contributed by atoms with E-state index in [4.69, 9.17) is 11.6 Å². The van der Waals surface area contributed by atoms with Crippen LogP contribution in [0.1, 0.15) is 43.3 Å². The lowest BCUT2D eigenvalue weighted by molar-refractivity contribution is 0.0726. The Hall–Kier alpha value is -0.380. The molecule has 1 saturated heterocycles. The fourth-order valence-electron chi connectivity index (χ4n) is 2.64. The third-order valence-corrected chi connectivity index (χ3v) is 4.87. The second-order valence-electron chi connectivity index (χ2n) is 5.25. The maximum absolute atomic E-state index is 12.3. The molecule has 1 aliphatic heterocycles. The van der Waals surface area contributed by atoms with Gasteiger partial charge in [-0.15, -0.1) is 11.3 Å². The Labute approximate surface area is 112 Å². The minimum atomic E-state index is -0.0535. The van der Waals surface area contributed by atoms with E-state index in [1.165, 1.54) is 17.8 Å². The normalized spacial score (nSPS) is 21.6. The van der Waals surface area contributed by atoms with Crippen molar-refractivity contribution in [3.05, 3.63) is 21.3 Å². The highest BCUT2D eigenvalue weighted by molar-refractivity contribution is 7.18. The van der Waals surface area contributed by atoms with Crippen LogP contribution in [-0.2, 0) is 0 Å². The minimum absolute atomic E-state index is 0.0535. The van der Waals surface area contributed by atoms with E-state index in [2.05, 4.69) is 18.7 Å². The van der Waals surface area contributed by atoms with Crippen molar-refractivity contribution < 1.29 is 4.79 Å². The molecule has 94 valence electrons. The SMILES string of the molecule is CC(C(=O)c1ccc(Cl)s1)N1CCCC1(C)C. The molecule has 1 aromatic heterocycles. The van der Waals surface area contributed by atoms with Gasteiger partial charge in [-0.05, 0) is 52.3 Å².